The van der Waals surface area contributed by atoms with E-state index in [-0.39, 0.29) is 11.8 Å². The summed E-state index contributed by atoms with van der Waals surface area (Å²) in [5.74, 6) is 2.37. The van der Waals surface area contributed by atoms with Gasteiger partial charge in [-0.1, -0.05) is 55.8 Å². The maximum atomic E-state index is 12.9. The molecule has 0 N–H and O–H groups in total. The molecule has 6 heteroatoms. The molecular weight excluding hydrogens is 446 g/mol. The van der Waals surface area contributed by atoms with Crippen molar-refractivity contribution in [1.82, 2.24) is 9.55 Å². The van der Waals surface area contributed by atoms with E-state index in [0.717, 1.165) is 28.3 Å². The van der Waals surface area contributed by atoms with Gasteiger partial charge in [-0.15, -0.1) is 0 Å². The van der Waals surface area contributed by atoms with Gasteiger partial charge in [0.1, 0.15) is 18.2 Å². The molecule has 1 unspecified atom stereocenters. The van der Waals surface area contributed by atoms with Crippen molar-refractivity contribution < 1.29 is 9.53 Å². The number of hydrogen-bond donors (Lipinski definition) is 0. The number of imidazole rings is 1. The molecule has 2 heterocycles. The number of carbonyl (C=O) groups is 1. The summed E-state index contributed by atoms with van der Waals surface area (Å²) < 4.78 is 8.44. The van der Waals surface area contributed by atoms with Crippen LogP contribution in [0.4, 0.5) is 5.69 Å². The number of carbonyl (C=O) groups excluding carboxylic acids is 1. The molecule has 1 aromatic heterocycles. The van der Waals surface area contributed by atoms with Crippen molar-refractivity contribution in [1.29, 1.82) is 0 Å². The fraction of sp³-hybridized carbons (Fsp3) is 0.286. The van der Waals surface area contributed by atoms with Crippen LogP contribution in [0.1, 0.15) is 43.5 Å². The minimum absolute atomic E-state index is 0.0125. The molecule has 0 spiro atoms. The van der Waals surface area contributed by atoms with E-state index in [1.54, 1.807) is 0 Å². The highest BCUT2D eigenvalue weighted by Gasteiger charge is 2.34. The van der Waals surface area contributed by atoms with Gasteiger partial charge in [0, 0.05) is 29.6 Å². The van der Waals surface area contributed by atoms with Gasteiger partial charge in [-0.05, 0) is 53.9 Å². The maximum Gasteiger partial charge on any atom is 0.227 e. The van der Waals surface area contributed by atoms with Gasteiger partial charge in [0.15, 0.2) is 0 Å². The Labute approximate surface area is 204 Å². The van der Waals surface area contributed by atoms with Crippen LogP contribution in [0, 0.1) is 0 Å². The molecule has 34 heavy (non-hydrogen) atoms. The molecule has 1 aliphatic heterocycles. The second-order valence-electron chi connectivity index (χ2n) is 9.03. The number of halogens is 1. The number of aromatic nitrogens is 2. The lowest BCUT2D eigenvalue weighted by molar-refractivity contribution is -0.117. The van der Waals surface area contributed by atoms with E-state index < -0.39 is 0 Å². The Kier molecular flexibility index (Phi) is 6.29. The summed E-state index contributed by atoms with van der Waals surface area (Å²) in [4.78, 5) is 19.7. The molecule has 0 saturated carbocycles. The maximum absolute atomic E-state index is 12.9. The van der Waals surface area contributed by atoms with Gasteiger partial charge in [0.05, 0.1) is 17.6 Å². The van der Waals surface area contributed by atoms with Crippen molar-refractivity contribution in [2.24, 2.45) is 0 Å². The Morgan fingerprint density at radius 3 is 2.56 bits per heavy atom. The molecule has 4 aromatic rings. The van der Waals surface area contributed by atoms with Crippen molar-refractivity contribution in [3.63, 3.8) is 0 Å². The number of rotatable bonds is 7. The highest BCUT2D eigenvalue weighted by atomic mass is 35.5. The molecule has 5 nitrogen and oxygen atoms in total. The Hall–Kier alpha value is -3.31. The number of benzene rings is 3. The van der Waals surface area contributed by atoms with E-state index in [2.05, 4.69) is 30.5 Å². The lowest BCUT2D eigenvalue weighted by atomic mass is 10.0. The summed E-state index contributed by atoms with van der Waals surface area (Å²) in [6.45, 7) is 6.13. The first kappa shape index (κ1) is 22.5. The van der Waals surface area contributed by atoms with E-state index in [0.29, 0.717) is 37.1 Å². The molecule has 1 atom stereocenters. The smallest absolute Gasteiger partial charge is 0.227 e. The largest absolute Gasteiger partial charge is 0.491 e. The first-order valence-corrected chi connectivity index (χ1v) is 12.1. The van der Waals surface area contributed by atoms with Crippen molar-refractivity contribution in [3.05, 3.63) is 89.2 Å². The minimum atomic E-state index is 0.0125. The predicted octanol–water partition coefficient (Wildman–Crippen LogP) is 6.41. The summed E-state index contributed by atoms with van der Waals surface area (Å²) in [5.41, 5.74) is 4.08. The molecule has 1 fully saturated rings. The normalized spacial score (nSPS) is 16.1. The molecule has 0 aliphatic carbocycles. The Bertz CT molecular complexity index is 1310. The number of para-hydroxylation sites is 3. The molecule has 3 aromatic carbocycles. The Morgan fingerprint density at radius 2 is 1.76 bits per heavy atom. The minimum Gasteiger partial charge on any atom is -0.491 e. The van der Waals surface area contributed by atoms with Crippen molar-refractivity contribution >= 4 is 34.2 Å². The molecular formula is C28H28ClN3O2. The van der Waals surface area contributed by atoms with Crippen molar-refractivity contribution in [2.75, 3.05) is 18.1 Å². The van der Waals surface area contributed by atoms with Gasteiger partial charge < -0.3 is 14.2 Å². The van der Waals surface area contributed by atoms with E-state index in [1.165, 1.54) is 5.56 Å². The summed E-state index contributed by atoms with van der Waals surface area (Å²) in [6.07, 6.45) is 0.434. The number of fused-ring (bicyclic) bond motifs is 1. The van der Waals surface area contributed by atoms with E-state index >= 15 is 0 Å². The van der Waals surface area contributed by atoms with Crippen LogP contribution < -0.4 is 9.64 Å². The molecule has 0 bridgehead atoms. The number of amides is 1. The Morgan fingerprint density at radius 1 is 1.03 bits per heavy atom. The lowest BCUT2D eigenvalue weighted by Crippen LogP contribution is -2.24. The average Bonchev–Trinajstić information content (AvgIpc) is 3.40. The topological polar surface area (TPSA) is 47.4 Å². The first-order valence-electron chi connectivity index (χ1n) is 11.7. The van der Waals surface area contributed by atoms with Crippen LogP contribution in [0.3, 0.4) is 0 Å². The number of ether oxygens (including phenoxy) is 1. The zero-order chi connectivity index (χ0) is 23.7. The van der Waals surface area contributed by atoms with Crippen LogP contribution in [-0.2, 0) is 11.3 Å². The number of nitrogens with zero attached hydrogens (tertiary/aromatic N) is 3. The van der Waals surface area contributed by atoms with E-state index in [9.17, 15) is 4.79 Å². The molecule has 1 amide bonds. The van der Waals surface area contributed by atoms with Crippen molar-refractivity contribution in [2.45, 2.75) is 38.6 Å². The SMILES string of the molecule is CC(C)c1ccccc1OCCn1c(C2CC(=O)N(c3ccc(Cl)cc3)C2)nc2ccccc21. The van der Waals surface area contributed by atoms with Gasteiger partial charge >= 0.3 is 0 Å². The van der Waals surface area contributed by atoms with Crippen LogP contribution in [0.15, 0.2) is 72.8 Å². The van der Waals surface area contributed by atoms with Gasteiger partial charge in [0.25, 0.3) is 0 Å². The first-order chi connectivity index (χ1) is 16.5. The van der Waals surface area contributed by atoms with Gasteiger partial charge in [-0.3, -0.25) is 4.79 Å². The second kappa shape index (κ2) is 9.51. The highest BCUT2D eigenvalue weighted by molar-refractivity contribution is 6.30. The van der Waals surface area contributed by atoms with Gasteiger partial charge in [0.2, 0.25) is 5.91 Å². The van der Waals surface area contributed by atoms with Crippen molar-refractivity contribution in [3.8, 4) is 5.75 Å². The third kappa shape index (κ3) is 4.40. The van der Waals surface area contributed by atoms with Crippen LogP contribution in [-0.4, -0.2) is 28.6 Å². The number of anilines is 1. The number of hydrogen-bond acceptors (Lipinski definition) is 3. The lowest BCUT2D eigenvalue weighted by Gasteiger charge is -2.18. The van der Waals surface area contributed by atoms with Crippen LogP contribution >= 0.6 is 11.6 Å². The monoisotopic (exact) mass is 473 g/mol. The average molecular weight is 474 g/mol. The summed E-state index contributed by atoms with van der Waals surface area (Å²) in [7, 11) is 0. The zero-order valence-electron chi connectivity index (χ0n) is 19.4. The molecule has 1 aliphatic rings. The zero-order valence-corrected chi connectivity index (χ0v) is 20.2. The fourth-order valence-corrected chi connectivity index (χ4v) is 4.85. The van der Waals surface area contributed by atoms with Crippen LogP contribution in [0.5, 0.6) is 5.75 Å². The van der Waals surface area contributed by atoms with E-state index in [1.807, 2.05) is 65.6 Å². The third-order valence-corrected chi connectivity index (χ3v) is 6.68. The summed E-state index contributed by atoms with van der Waals surface area (Å²) in [5, 5.41) is 0.660. The summed E-state index contributed by atoms with van der Waals surface area (Å²) in [6, 6.07) is 23.8. The quantitative estimate of drug-likeness (QED) is 0.311. The molecule has 5 rings (SSSR count). The summed E-state index contributed by atoms with van der Waals surface area (Å²) >= 11 is 6.04. The second-order valence-corrected chi connectivity index (χ2v) is 9.47. The predicted molar refractivity (Wildman–Crippen MR) is 137 cm³/mol. The highest BCUT2D eigenvalue weighted by Crippen LogP contribution is 2.34. The van der Waals surface area contributed by atoms with Gasteiger partial charge in [-0.2, -0.15) is 0 Å². The van der Waals surface area contributed by atoms with Crippen LogP contribution in [0.25, 0.3) is 11.0 Å². The molecule has 174 valence electrons. The Balaban J connectivity index is 1.40. The van der Waals surface area contributed by atoms with Crippen LogP contribution in [0.2, 0.25) is 5.02 Å². The molecule has 1 saturated heterocycles. The standard InChI is InChI=1S/C28H28ClN3O2/c1-19(2)23-7-3-6-10-26(23)34-16-15-31-25-9-5-4-8-24(25)30-28(31)20-17-27(33)32(18-20)22-13-11-21(29)12-14-22/h3-14,19-20H,15-18H2,1-2H3. The van der Waals surface area contributed by atoms with E-state index in [4.69, 9.17) is 21.3 Å². The third-order valence-electron chi connectivity index (χ3n) is 6.43. The van der Waals surface area contributed by atoms with Gasteiger partial charge in [-0.25, -0.2) is 4.98 Å². The molecule has 0 radical (unpaired) electrons. The fourth-order valence-electron chi connectivity index (χ4n) is 4.73.